The van der Waals surface area contributed by atoms with E-state index in [2.05, 4.69) is 42.2 Å². The number of rotatable bonds is 3. The minimum Gasteiger partial charge on any atom is -0.324 e. The number of pyridine rings is 1. The third-order valence-corrected chi connectivity index (χ3v) is 3.02. The molecule has 2 N–H and O–H groups in total. The zero-order valence-corrected chi connectivity index (χ0v) is 10.4. The lowest BCUT2D eigenvalue weighted by molar-refractivity contribution is 0.710. The third kappa shape index (κ3) is 2.92. The van der Waals surface area contributed by atoms with Crippen LogP contribution in [0.3, 0.4) is 0 Å². The molecule has 0 amide bonds. The summed E-state index contributed by atoms with van der Waals surface area (Å²) in [5, 5.41) is 0. The summed E-state index contributed by atoms with van der Waals surface area (Å²) in [7, 11) is 0. The van der Waals surface area contributed by atoms with Crippen LogP contribution in [0.2, 0.25) is 0 Å². The van der Waals surface area contributed by atoms with E-state index in [4.69, 9.17) is 5.73 Å². The van der Waals surface area contributed by atoms with Crippen molar-refractivity contribution in [3.63, 3.8) is 0 Å². The fraction of sp³-hybridized carbons (Fsp3) is 0.267. The fourth-order valence-electron chi connectivity index (χ4n) is 1.98. The highest BCUT2D eigenvalue weighted by Crippen LogP contribution is 2.18. The van der Waals surface area contributed by atoms with Crippen molar-refractivity contribution in [3.05, 3.63) is 65.0 Å². The van der Waals surface area contributed by atoms with E-state index in [-0.39, 0.29) is 6.04 Å². The normalized spacial score (nSPS) is 12.4. The molecule has 88 valence electrons. The zero-order chi connectivity index (χ0) is 12.3. The van der Waals surface area contributed by atoms with Gasteiger partial charge in [-0.15, -0.1) is 0 Å². The first kappa shape index (κ1) is 11.8. The third-order valence-electron chi connectivity index (χ3n) is 3.02. The van der Waals surface area contributed by atoms with Gasteiger partial charge in [0.15, 0.2) is 0 Å². The molecular weight excluding hydrogens is 208 g/mol. The van der Waals surface area contributed by atoms with E-state index in [0.717, 1.165) is 17.7 Å². The lowest BCUT2D eigenvalue weighted by Gasteiger charge is -2.14. The van der Waals surface area contributed by atoms with Gasteiger partial charge in [0, 0.05) is 17.9 Å². The molecule has 1 atom stereocenters. The predicted octanol–water partition coefficient (Wildman–Crippen LogP) is 2.94. The Labute approximate surface area is 103 Å². The summed E-state index contributed by atoms with van der Waals surface area (Å²) in [6, 6.07) is 12.5. The van der Waals surface area contributed by atoms with E-state index in [1.165, 1.54) is 11.1 Å². The first-order valence-electron chi connectivity index (χ1n) is 5.89. The molecule has 2 aromatic rings. The van der Waals surface area contributed by atoms with Crippen molar-refractivity contribution in [3.8, 4) is 0 Å². The van der Waals surface area contributed by atoms with Crippen molar-refractivity contribution >= 4 is 0 Å². The van der Waals surface area contributed by atoms with Gasteiger partial charge in [-0.25, -0.2) is 0 Å². The van der Waals surface area contributed by atoms with Gasteiger partial charge < -0.3 is 5.73 Å². The molecule has 17 heavy (non-hydrogen) atoms. The molecule has 0 aliphatic rings. The van der Waals surface area contributed by atoms with Gasteiger partial charge in [-0.3, -0.25) is 4.98 Å². The van der Waals surface area contributed by atoms with E-state index in [0.29, 0.717) is 0 Å². The maximum atomic E-state index is 6.23. The van der Waals surface area contributed by atoms with Crippen LogP contribution in [0.4, 0.5) is 0 Å². The van der Waals surface area contributed by atoms with Crippen LogP contribution >= 0.6 is 0 Å². The first-order chi connectivity index (χ1) is 8.16. The summed E-state index contributed by atoms with van der Waals surface area (Å²) < 4.78 is 0. The average Bonchev–Trinajstić information content (AvgIpc) is 2.32. The molecule has 2 heteroatoms. The summed E-state index contributed by atoms with van der Waals surface area (Å²) in [4.78, 5) is 4.28. The Morgan fingerprint density at radius 2 is 1.82 bits per heavy atom. The standard InChI is InChI=1S/C15H18N2/c1-11-5-7-13(8-6-11)10-15(16)14-4-3-9-17-12(14)2/h3-9,15H,10,16H2,1-2H3. The minimum absolute atomic E-state index is 0.0198. The molecule has 0 saturated carbocycles. The predicted molar refractivity (Wildman–Crippen MR) is 70.8 cm³/mol. The van der Waals surface area contributed by atoms with E-state index in [1.54, 1.807) is 6.20 Å². The monoisotopic (exact) mass is 226 g/mol. The molecule has 1 heterocycles. The van der Waals surface area contributed by atoms with Crippen LogP contribution in [0.1, 0.15) is 28.4 Å². The van der Waals surface area contributed by atoms with Crippen molar-refractivity contribution in [1.82, 2.24) is 4.98 Å². The molecule has 1 aromatic heterocycles. The molecule has 1 aromatic carbocycles. The molecule has 0 radical (unpaired) electrons. The summed E-state index contributed by atoms with van der Waals surface area (Å²) in [5.74, 6) is 0. The number of hydrogen-bond acceptors (Lipinski definition) is 2. The number of nitrogens with two attached hydrogens (primary N) is 1. The van der Waals surface area contributed by atoms with Crippen molar-refractivity contribution in [1.29, 1.82) is 0 Å². The van der Waals surface area contributed by atoms with Crippen molar-refractivity contribution in [2.45, 2.75) is 26.3 Å². The SMILES string of the molecule is Cc1ccc(CC(N)c2cccnc2C)cc1. The van der Waals surface area contributed by atoms with E-state index >= 15 is 0 Å². The van der Waals surface area contributed by atoms with Crippen LogP contribution in [-0.2, 0) is 6.42 Å². The van der Waals surface area contributed by atoms with Gasteiger partial charge in [-0.1, -0.05) is 35.9 Å². The minimum atomic E-state index is 0.0198. The molecule has 0 bridgehead atoms. The second kappa shape index (κ2) is 5.11. The largest absolute Gasteiger partial charge is 0.324 e. The van der Waals surface area contributed by atoms with Gasteiger partial charge >= 0.3 is 0 Å². The second-order valence-corrected chi connectivity index (χ2v) is 4.47. The van der Waals surface area contributed by atoms with Crippen LogP contribution in [0.5, 0.6) is 0 Å². The maximum Gasteiger partial charge on any atom is 0.0420 e. The van der Waals surface area contributed by atoms with Crippen LogP contribution in [0, 0.1) is 13.8 Å². The van der Waals surface area contributed by atoms with Crippen molar-refractivity contribution < 1.29 is 0 Å². The molecule has 1 unspecified atom stereocenters. The maximum absolute atomic E-state index is 6.23. The molecular formula is C15H18N2. The second-order valence-electron chi connectivity index (χ2n) is 4.47. The molecule has 0 saturated heterocycles. The molecule has 0 spiro atoms. The highest BCUT2D eigenvalue weighted by molar-refractivity contribution is 5.27. The Morgan fingerprint density at radius 1 is 1.12 bits per heavy atom. The molecule has 2 rings (SSSR count). The zero-order valence-electron chi connectivity index (χ0n) is 10.4. The molecule has 0 fully saturated rings. The molecule has 2 nitrogen and oxygen atoms in total. The van der Waals surface area contributed by atoms with Gasteiger partial charge in [0.25, 0.3) is 0 Å². The van der Waals surface area contributed by atoms with E-state index in [1.807, 2.05) is 13.0 Å². The Balaban J connectivity index is 2.14. The van der Waals surface area contributed by atoms with Crippen molar-refractivity contribution in [2.24, 2.45) is 5.73 Å². The number of aryl methyl sites for hydroxylation is 2. The summed E-state index contributed by atoms with van der Waals surface area (Å²) in [6.07, 6.45) is 2.66. The summed E-state index contributed by atoms with van der Waals surface area (Å²) in [5.41, 5.74) is 10.9. The van der Waals surface area contributed by atoms with Crippen molar-refractivity contribution in [2.75, 3.05) is 0 Å². The van der Waals surface area contributed by atoms with Crippen LogP contribution in [-0.4, -0.2) is 4.98 Å². The Bertz CT molecular complexity index is 489. The van der Waals surface area contributed by atoms with Crippen LogP contribution in [0.25, 0.3) is 0 Å². The lowest BCUT2D eigenvalue weighted by Crippen LogP contribution is -2.15. The quantitative estimate of drug-likeness (QED) is 0.874. The fourth-order valence-corrected chi connectivity index (χ4v) is 1.98. The number of benzene rings is 1. The molecule has 0 aliphatic heterocycles. The van der Waals surface area contributed by atoms with Crippen LogP contribution in [0.15, 0.2) is 42.6 Å². The Hall–Kier alpha value is -1.67. The summed E-state index contributed by atoms with van der Waals surface area (Å²) >= 11 is 0. The highest BCUT2D eigenvalue weighted by atomic mass is 14.7. The number of nitrogens with zero attached hydrogens (tertiary/aromatic N) is 1. The average molecular weight is 226 g/mol. The first-order valence-corrected chi connectivity index (χ1v) is 5.89. The number of aromatic nitrogens is 1. The Morgan fingerprint density at radius 3 is 2.47 bits per heavy atom. The van der Waals surface area contributed by atoms with Gasteiger partial charge in [0.2, 0.25) is 0 Å². The number of hydrogen-bond donors (Lipinski definition) is 1. The van der Waals surface area contributed by atoms with Gasteiger partial charge in [-0.2, -0.15) is 0 Å². The lowest BCUT2D eigenvalue weighted by atomic mass is 9.98. The highest BCUT2D eigenvalue weighted by Gasteiger charge is 2.09. The van der Waals surface area contributed by atoms with Crippen LogP contribution < -0.4 is 5.73 Å². The summed E-state index contributed by atoms with van der Waals surface area (Å²) in [6.45, 7) is 4.10. The topological polar surface area (TPSA) is 38.9 Å². The van der Waals surface area contributed by atoms with Gasteiger partial charge in [-0.05, 0) is 37.5 Å². The van der Waals surface area contributed by atoms with E-state index < -0.39 is 0 Å². The van der Waals surface area contributed by atoms with Gasteiger partial charge in [0.05, 0.1) is 0 Å². The van der Waals surface area contributed by atoms with E-state index in [9.17, 15) is 0 Å². The Kier molecular flexibility index (Phi) is 3.55. The smallest absolute Gasteiger partial charge is 0.0420 e. The van der Waals surface area contributed by atoms with Gasteiger partial charge in [0.1, 0.15) is 0 Å². The molecule has 0 aliphatic carbocycles.